The van der Waals surface area contributed by atoms with Crippen molar-refractivity contribution in [1.82, 2.24) is 14.8 Å². The molecule has 1 heterocycles. The molecule has 0 unspecified atom stereocenters. The molecule has 1 amide bonds. The van der Waals surface area contributed by atoms with E-state index in [0.29, 0.717) is 12.4 Å². The van der Waals surface area contributed by atoms with Gasteiger partial charge in [0.2, 0.25) is 11.9 Å². The number of carbonyl (C=O) groups is 1. The lowest BCUT2D eigenvalue weighted by molar-refractivity contribution is -0.117. The second-order valence-corrected chi connectivity index (χ2v) is 2.71. The lowest BCUT2D eigenvalue weighted by atomic mass is 10.2. The molecular formula is C7H13N5O. The van der Waals surface area contributed by atoms with Crippen LogP contribution in [0, 0.1) is 0 Å². The predicted octanol–water partition coefficient (Wildman–Crippen LogP) is -0.509. The number of nitrogens with two attached hydrogens (primary N) is 1. The number of aryl methyl sites for hydroxylation is 1. The van der Waals surface area contributed by atoms with E-state index in [4.69, 9.17) is 5.73 Å². The number of carbonyl (C=O) groups excluding carboxylic acids is 1. The minimum absolute atomic E-state index is 0.237. The lowest BCUT2D eigenvalue weighted by Gasteiger charge is -2.08. The van der Waals surface area contributed by atoms with E-state index in [0.717, 1.165) is 0 Å². The van der Waals surface area contributed by atoms with E-state index in [1.54, 1.807) is 7.05 Å². The number of nitrogens with zero attached hydrogens (tertiary/aromatic N) is 3. The highest BCUT2D eigenvalue weighted by molar-refractivity contribution is 5.93. The zero-order valence-corrected chi connectivity index (χ0v) is 7.69. The van der Waals surface area contributed by atoms with Crippen LogP contribution in [-0.4, -0.2) is 26.7 Å². The number of hydrogen-bond donors (Lipinski definition) is 2. The van der Waals surface area contributed by atoms with Gasteiger partial charge in [0, 0.05) is 7.05 Å². The SMILES string of the molecule is CC[C@@H](N)C(=O)Nc1ncnn1C. The van der Waals surface area contributed by atoms with Crippen molar-refractivity contribution in [2.75, 3.05) is 5.32 Å². The van der Waals surface area contributed by atoms with Crippen LogP contribution in [-0.2, 0) is 11.8 Å². The van der Waals surface area contributed by atoms with Crippen molar-refractivity contribution < 1.29 is 4.79 Å². The first-order valence-corrected chi connectivity index (χ1v) is 4.05. The molecule has 1 atom stereocenters. The molecule has 13 heavy (non-hydrogen) atoms. The van der Waals surface area contributed by atoms with E-state index < -0.39 is 6.04 Å². The molecule has 6 heteroatoms. The van der Waals surface area contributed by atoms with Gasteiger partial charge in [-0.2, -0.15) is 10.1 Å². The summed E-state index contributed by atoms with van der Waals surface area (Å²) < 4.78 is 1.47. The largest absolute Gasteiger partial charge is 0.320 e. The topological polar surface area (TPSA) is 85.8 Å². The molecule has 0 aliphatic heterocycles. The monoisotopic (exact) mass is 183 g/mol. The summed E-state index contributed by atoms with van der Waals surface area (Å²) in [4.78, 5) is 15.1. The third-order valence-corrected chi connectivity index (χ3v) is 1.72. The van der Waals surface area contributed by atoms with E-state index in [1.165, 1.54) is 11.0 Å². The van der Waals surface area contributed by atoms with Gasteiger partial charge in [0.1, 0.15) is 6.33 Å². The number of amides is 1. The van der Waals surface area contributed by atoms with Gasteiger partial charge in [-0.1, -0.05) is 6.92 Å². The van der Waals surface area contributed by atoms with Crippen LogP contribution in [0.4, 0.5) is 5.95 Å². The van der Waals surface area contributed by atoms with E-state index in [9.17, 15) is 4.79 Å². The van der Waals surface area contributed by atoms with Crippen LogP contribution in [0.25, 0.3) is 0 Å². The Morgan fingerprint density at radius 3 is 3.00 bits per heavy atom. The number of anilines is 1. The average molecular weight is 183 g/mol. The maximum absolute atomic E-state index is 11.3. The fourth-order valence-electron chi connectivity index (χ4n) is 0.798. The van der Waals surface area contributed by atoms with Crippen LogP contribution in [0.15, 0.2) is 6.33 Å². The maximum atomic E-state index is 11.3. The van der Waals surface area contributed by atoms with Crippen molar-refractivity contribution in [1.29, 1.82) is 0 Å². The Balaban J connectivity index is 2.60. The summed E-state index contributed by atoms with van der Waals surface area (Å²) in [5.74, 6) is 0.174. The summed E-state index contributed by atoms with van der Waals surface area (Å²) >= 11 is 0. The molecular weight excluding hydrogens is 170 g/mol. The maximum Gasteiger partial charge on any atom is 0.243 e. The number of rotatable bonds is 3. The Labute approximate surface area is 76.1 Å². The molecule has 6 nitrogen and oxygen atoms in total. The van der Waals surface area contributed by atoms with Crippen LogP contribution in [0.3, 0.4) is 0 Å². The Kier molecular flexibility index (Phi) is 2.97. The Morgan fingerprint density at radius 1 is 1.85 bits per heavy atom. The molecule has 0 aromatic carbocycles. The van der Waals surface area contributed by atoms with E-state index in [1.807, 2.05) is 6.92 Å². The van der Waals surface area contributed by atoms with Gasteiger partial charge in [-0.15, -0.1) is 0 Å². The van der Waals surface area contributed by atoms with Crippen molar-refractivity contribution in [2.45, 2.75) is 19.4 Å². The summed E-state index contributed by atoms with van der Waals surface area (Å²) in [6.45, 7) is 1.85. The van der Waals surface area contributed by atoms with Crippen LogP contribution in [0.1, 0.15) is 13.3 Å². The van der Waals surface area contributed by atoms with Gasteiger partial charge in [-0.05, 0) is 6.42 Å². The van der Waals surface area contributed by atoms with E-state index >= 15 is 0 Å². The number of aromatic nitrogens is 3. The molecule has 72 valence electrons. The molecule has 0 spiro atoms. The zero-order chi connectivity index (χ0) is 9.84. The van der Waals surface area contributed by atoms with Crippen LogP contribution < -0.4 is 11.1 Å². The molecule has 0 aliphatic rings. The summed E-state index contributed by atoms with van der Waals surface area (Å²) in [7, 11) is 1.69. The van der Waals surface area contributed by atoms with Gasteiger partial charge >= 0.3 is 0 Å². The smallest absolute Gasteiger partial charge is 0.243 e. The molecule has 1 rings (SSSR count). The molecule has 0 saturated carbocycles. The normalized spacial score (nSPS) is 12.5. The van der Waals surface area contributed by atoms with Gasteiger partial charge in [0.25, 0.3) is 0 Å². The van der Waals surface area contributed by atoms with E-state index in [-0.39, 0.29) is 5.91 Å². The summed E-state index contributed by atoms with van der Waals surface area (Å²) in [5.41, 5.74) is 5.51. The van der Waals surface area contributed by atoms with Crippen LogP contribution in [0.2, 0.25) is 0 Å². The fraction of sp³-hybridized carbons (Fsp3) is 0.571. The van der Waals surface area contributed by atoms with Crippen molar-refractivity contribution in [3.63, 3.8) is 0 Å². The first kappa shape index (κ1) is 9.66. The second-order valence-electron chi connectivity index (χ2n) is 2.71. The Morgan fingerprint density at radius 2 is 2.54 bits per heavy atom. The number of hydrogen-bond acceptors (Lipinski definition) is 4. The lowest BCUT2D eigenvalue weighted by Crippen LogP contribution is -2.35. The Bertz CT molecular complexity index is 295. The van der Waals surface area contributed by atoms with Gasteiger partial charge in [0.05, 0.1) is 6.04 Å². The average Bonchev–Trinajstić information content (AvgIpc) is 2.50. The highest BCUT2D eigenvalue weighted by Crippen LogP contribution is 1.99. The fourth-order valence-corrected chi connectivity index (χ4v) is 0.798. The molecule has 0 saturated heterocycles. The Hall–Kier alpha value is -1.43. The number of nitrogens with one attached hydrogen (secondary N) is 1. The van der Waals surface area contributed by atoms with Gasteiger partial charge < -0.3 is 5.73 Å². The van der Waals surface area contributed by atoms with Crippen molar-refractivity contribution in [3.05, 3.63) is 6.33 Å². The quantitative estimate of drug-likeness (QED) is 0.661. The van der Waals surface area contributed by atoms with Crippen molar-refractivity contribution in [2.24, 2.45) is 12.8 Å². The van der Waals surface area contributed by atoms with Gasteiger partial charge in [0.15, 0.2) is 0 Å². The summed E-state index contributed by atoms with van der Waals surface area (Å²) in [6.07, 6.45) is 1.97. The highest BCUT2D eigenvalue weighted by Gasteiger charge is 2.12. The molecule has 0 radical (unpaired) electrons. The van der Waals surface area contributed by atoms with Crippen molar-refractivity contribution in [3.8, 4) is 0 Å². The van der Waals surface area contributed by atoms with Gasteiger partial charge in [-0.3, -0.25) is 10.1 Å². The van der Waals surface area contributed by atoms with Crippen LogP contribution >= 0.6 is 0 Å². The van der Waals surface area contributed by atoms with Crippen molar-refractivity contribution >= 4 is 11.9 Å². The second kappa shape index (κ2) is 3.99. The zero-order valence-electron chi connectivity index (χ0n) is 7.69. The van der Waals surface area contributed by atoms with Gasteiger partial charge in [-0.25, -0.2) is 4.68 Å². The molecule has 1 aromatic heterocycles. The minimum Gasteiger partial charge on any atom is -0.320 e. The van der Waals surface area contributed by atoms with Crippen LogP contribution in [0.5, 0.6) is 0 Å². The minimum atomic E-state index is -0.489. The summed E-state index contributed by atoms with van der Waals surface area (Å²) in [6, 6.07) is -0.489. The molecule has 0 fully saturated rings. The molecule has 3 N–H and O–H groups in total. The molecule has 0 aliphatic carbocycles. The third kappa shape index (κ3) is 2.25. The predicted molar refractivity (Wildman–Crippen MR) is 47.9 cm³/mol. The summed E-state index contributed by atoms with van der Waals surface area (Å²) in [5, 5.41) is 6.37. The first-order chi connectivity index (χ1) is 6.15. The first-order valence-electron chi connectivity index (χ1n) is 4.05. The molecule has 0 bridgehead atoms. The molecule has 1 aromatic rings. The highest BCUT2D eigenvalue weighted by atomic mass is 16.2. The third-order valence-electron chi connectivity index (χ3n) is 1.72. The van der Waals surface area contributed by atoms with E-state index in [2.05, 4.69) is 15.4 Å². The standard InChI is InChI=1S/C7H13N5O/c1-3-5(8)6(13)11-7-9-4-10-12(7)2/h4-5H,3,8H2,1-2H3,(H,9,10,11,13)/t5-/m1/s1.